The lowest BCUT2D eigenvalue weighted by Crippen LogP contribution is -2.29. The van der Waals surface area contributed by atoms with Crippen LogP contribution >= 0.6 is 0 Å². The summed E-state index contributed by atoms with van der Waals surface area (Å²) in [4.78, 5) is 0. The van der Waals surface area contributed by atoms with Crippen LogP contribution < -0.4 is 5.32 Å². The standard InChI is InChI=1S/C20H19F8N/c1-11(2)29-18(14-3-12(9-21)5-16(7-14)19(23,24)25)15-4-13(10-22)6-17(8-15)20(26,27)28/h3-8,11,18,29H,9-10H2,1-2H3. The Hall–Kier alpha value is -2.16. The van der Waals surface area contributed by atoms with Gasteiger partial charge in [0.25, 0.3) is 0 Å². The van der Waals surface area contributed by atoms with E-state index < -0.39 is 42.9 Å². The second kappa shape index (κ2) is 8.69. The molecule has 160 valence electrons. The highest BCUT2D eigenvalue weighted by Crippen LogP contribution is 2.36. The molecule has 0 bridgehead atoms. The minimum atomic E-state index is -4.76. The van der Waals surface area contributed by atoms with Crippen molar-refractivity contribution in [2.75, 3.05) is 0 Å². The van der Waals surface area contributed by atoms with E-state index in [2.05, 4.69) is 5.32 Å². The quantitative estimate of drug-likeness (QED) is 0.505. The summed E-state index contributed by atoms with van der Waals surface area (Å²) in [5.74, 6) is 0. The van der Waals surface area contributed by atoms with Gasteiger partial charge in [0, 0.05) is 6.04 Å². The van der Waals surface area contributed by atoms with Gasteiger partial charge in [-0.1, -0.05) is 12.1 Å². The summed E-state index contributed by atoms with van der Waals surface area (Å²) >= 11 is 0. The van der Waals surface area contributed by atoms with Crippen molar-refractivity contribution in [3.8, 4) is 0 Å². The summed E-state index contributed by atoms with van der Waals surface area (Å²) in [6, 6.07) is 3.66. The van der Waals surface area contributed by atoms with Gasteiger partial charge in [-0.05, 0) is 60.4 Å². The van der Waals surface area contributed by atoms with Gasteiger partial charge in [0.2, 0.25) is 0 Å². The molecule has 0 fully saturated rings. The Balaban J connectivity index is 2.70. The van der Waals surface area contributed by atoms with Gasteiger partial charge in [-0.25, -0.2) is 8.78 Å². The molecule has 0 radical (unpaired) electrons. The number of hydrogen-bond acceptors (Lipinski definition) is 1. The van der Waals surface area contributed by atoms with Crippen LogP contribution in [0.2, 0.25) is 0 Å². The maximum atomic E-state index is 13.2. The first kappa shape index (κ1) is 23.1. The van der Waals surface area contributed by atoms with E-state index in [1.54, 1.807) is 13.8 Å². The zero-order valence-corrected chi connectivity index (χ0v) is 15.6. The summed E-state index contributed by atoms with van der Waals surface area (Å²) in [6.07, 6.45) is -9.53. The molecular formula is C20H19F8N. The molecule has 0 aliphatic heterocycles. The van der Waals surface area contributed by atoms with Gasteiger partial charge in [-0.3, -0.25) is 0 Å². The molecule has 0 aromatic heterocycles. The van der Waals surface area contributed by atoms with Gasteiger partial charge in [0.05, 0.1) is 17.2 Å². The highest BCUT2D eigenvalue weighted by Gasteiger charge is 2.34. The second-order valence-corrected chi connectivity index (χ2v) is 6.94. The fraction of sp³-hybridized carbons (Fsp3) is 0.400. The third kappa shape index (κ3) is 5.91. The molecule has 9 heteroatoms. The molecule has 0 aliphatic rings. The van der Waals surface area contributed by atoms with Crippen molar-refractivity contribution in [1.82, 2.24) is 5.32 Å². The smallest absolute Gasteiger partial charge is 0.304 e. The molecule has 1 N–H and O–H groups in total. The lowest BCUT2D eigenvalue weighted by atomic mass is 9.92. The number of alkyl halides is 8. The van der Waals surface area contributed by atoms with E-state index in [1.165, 1.54) is 0 Å². The average Bonchev–Trinajstić information content (AvgIpc) is 2.63. The van der Waals surface area contributed by atoms with Crippen LogP contribution in [0.5, 0.6) is 0 Å². The Morgan fingerprint density at radius 3 is 1.34 bits per heavy atom. The van der Waals surface area contributed by atoms with Crippen molar-refractivity contribution < 1.29 is 35.1 Å². The number of nitrogens with one attached hydrogen (secondary N) is 1. The fourth-order valence-corrected chi connectivity index (χ4v) is 2.97. The Kier molecular flexibility index (Phi) is 6.93. The predicted molar refractivity (Wildman–Crippen MR) is 92.6 cm³/mol. The Labute approximate surface area is 162 Å². The van der Waals surface area contributed by atoms with Crippen molar-refractivity contribution in [2.24, 2.45) is 0 Å². The van der Waals surface area contributed by atoms with Crippen LogP contribution in [0.4, 0.5) is 35.1 Å². The lowest BCUT2D eigenvalue weighted by Gasteiger charge is -2.25. The lowest BCUT2D eigenvalue weighted by molar-refractivity contribution is -0.138. The minimum Gasteiger partial charge on any atom is -0.304 e. The minimum absolute atomic E-state index is 0.0645. The van der Waals surface area contributed by atoms with Crippen LogP contribution in [0.25, 0.3) is 0 Å². The third-order valence-corrected chi connectivity index (χ3v) is 4.16. The Morgan fingerprint density at radius 1 is 0.690 bits per heavy atom. The van der Waals surface area contributed by atoms with Crippen LogP contribution in [-0.4, -0.2) is 6.04 Å². The first-order chi connectivity index (χ1) is 13.3. The fourth-order valence-electron chi connectivity index (χ4n) is 2.97. The van der Waals surface area contributed by atoms with Crippen molar-refractivity contribution >= 4 is 0 Å². The van der Waals surface area contributed by atoms with Gasteiger partial charge in [-0.2, -0.15) is 26.3 Å². The van der Waals surface area contributed by atoms with Crippen LogP contribution in [0.3, 0.4) is 0 Å². The molecule has 0 atom stereocenters. The Bertz CT molecular complexity index is 774. The number of rotatable bonds is 6. The molecule has 2 aromatic rings. The van der Waals surface area contributed by atoms with Crippen molar-refractivity contribution in [3.63, 3.8) is 0 Å². The van der Waals surface area contributed by atoms with E-state index in [4.69, 9.17) is 0 Å². The summed E-state index contributed by atoms with van der Waals surface area (Å²) in [5.41, 5.74) is -2.88. The van der Waals surface area contributed by atoms with E-state index in [1.807, 2.05) is 0 Å². The Morgan fingerprint density at radius 2 is 1.07 bits per heavy atom. The molecule has 0 amide bonds. The molecule has 0 unspecified atom stereocenters. The summed E-state index contributed by atoms with van der Waals surface area (Å²) in [5, 5.41) is 2.89. The highest BCUT2D eigenvalue weighted by atomic mass is 19.4. The molecule has 2 aromatic carbocycles. The molecule has 0 aliphatic carbocycles. The van der Waals surface area contributed by atoms with Gasteiger partial charge < -0.3 is 5.32 Å². The average molecular weight is 425 g/mol. The largest absolute Gasteiger partial charge is 0.416 e. The van der Waals surface area contributed by atoms with Crippen LogP contribution in [0, 0.1) is 0 Å². The van der Waals surface area contributed by atoms with E-state index in [0.29, 0.717) is 12.1 Å². The van der Waals surface area contributed by atoms with E-state index in [0.717, 1.165) is 24.3 Å². The SMILES string of the molecule is CC(C)NC(c1cc(CF)cc(C(F)(F)F)c1)c1cc(CF)cc(C(F)(F)F)c1. The molecule has 0 saturated carbocycles. The zero-order valence-electron chi connectivity index (χ0n) is 15.6. The van der Waals surface area contributed by atoms with E-state index in [-0.39, 0.29) is 28.3 Å². The van der Waals surface area contributed by atoms with Gasteiger partial charge in [-0.15, -0.1) is 0 Å². The monoisotopic (exact) mass is 425 g/mol. The van der Waals surface area contributed by atoms with Crippen LogP contribution in [0.15, 0.2) is 36.4 Å². The molecule has 29 heavy (non-hydrogen) atoms. The summed E-state index contributed by atoms with van der Waals surface area (Å²) in [6.45, 7) is 0.952. The first-order valence-electron chi connectivity index (χ1n) is 8.65. The first-order valence-corrected chi connectivity index (χ1v) is 8.65. The van der Waals surface area contributed by atoms with Gasteiger partial charge >= 0.3 is 12.4 Å². The van der Waals surface area contributed by atoms with Crippen molar-refractivity contribution in [3.05, 3.63) is 69.8 Å². The second-order valence-electron chi connectivity index (χ2n) is 6.94. The molecular weight excluding hydrogens is 406 g/mol. The van der Waals surface area contributed by atoms with Crippen molar-refractivity contribution in [1.29, 1.82) is 0 Å². The zero-order chi connectivity index (χ0) is 22.0. The highest BCUT2D eigenvalue weighted by molar-refractivity contribution is 5.42. The van der Waals surface area contributed by atoms with E-state index in [9.17, 15) is 35.1 Å². The number of benzene rings is 2. The molecule has 0 spiro atoms. The van der Waals surface area contributed by atoms with Crippen molar-refractivity contribution in [2.45, 2.75) is 51.6 Å². The number of hydrogen-bond donors (Lipinski definition) is 1. The van der Waals surface area contributed by atoms with Crippen LogP contribution in [0.1, 0.15) is 53.3 Å². The molecule has 0 saturated heterocycles. The summed E-state index contributed by atoms with van der Waals surface area (Å²) in [7, 11) is 0. The number of halogens is 8. The topological polar surface area (TPSA) is 12.0 Å². The molecule has 2 rings (SSSR count). The van der Waals surface area contributed by atoms with Gasteiger partial charge in [0.1, 0.15) is 13.3 Å². The van der Waals surface area contributed by atoms with E-state index >= 15 is 0 Å². The normalized spacial score (nSPS) is 12.8. The molecule has 0 heterocycles. The van der Waals surface area contributed by atoms with Gasteiger partial charge in [0.15, 0.2) is 0 Å². The molecule has 1 nitrogen and oxygen atoms in total. The summed E-state index contributed by atoms with van der Waals surface area (Å²) < 4.78 is 106. The maximum Gasteiger partial charge on any atom is 0.416 e. The third-order valence-electron chi connectivity index (χ3n) is 4.16. The predicted octanol–water partition coefficient (Wildman–Crippen LogP) is 6.75. The maximum absolute atomic E-state index is 13.2. The van der Waals surface area contributed by atoms with Crippen LogP contribution in [-0.2, 0) is 25.7 Å².